The summed E-state index contributed by atoms with van der Waals surface area (Å²) >= 11 is 7.17. The standard InChI is InChI=1S/C27H28Br2N4O4/c1-16-23(26(34)37-20-9-4-3-5-10-20)24(33-27(32-16)30-15-31-33)18-12-21(29)25(22(13-18)35-2)36-14-17-7-6-8-19(28)11-17/h6-8,11-13,15,20,24H,3-5,9-10,14H2,1-2H3,(H,30,31,32). The molecule has 8 nitrogen and oxygen atoms in total. The van der Waals surface area contributed by atoms with Crippen LogP contribution in [-0.2, 0) is 16.1 Å². The van der Waals surface area contributed by atoms with E-state index in [1.165, 1.54) is 12.7 Å². The maximum atomic E-state index is 13.5. The highest BCUT2D eigenvalue weighted by atomic mass is 79.9. The third-order valence-corrected chi connectivity index (χ3v) is 7.76. The molecule has 5 rings (SSSR count). The van der Waals surface area contributed by atoms with Crippen LogP contribution in [0.1, 0.15) is 56.2 Å². The molecule has 1 saturated carbocycles. The molecule has 0 bridgehead atoms. The van der Waals surface area contributed by atoms with Crippen LogP contribution in [-0.4, -0.2) is 33.9 Å². The van der Waals surface area contributed by atoms with E-state index in [0.717, 1.165) is 41.3 Å². The van der Waals surface area contributed by atoms with E-state index < -0.39 is 6.04 Å². The molecule has 1 fully saturated rings. The van der Waals surface area contributed by atoms with Gasteiger partial charge in [0.1, 0.15) is 25.1 Å². The van der Waals surface area contributed by atoms with Gasteiger partial charge in [0.25, 0.3) is 0 Å². The number of carbonyl (C=O) groups excluding carboxylic acids is 1. The number of benzene rings is 2. The smallest absolute Gasteiger partial charge is 0.338 e. The Labute approximate surface area is 232 Å². The minimum Gasteiger partial charge on any atom is -0.493 e. The first-order valence-corrected chi connectivity index (χ1v) is 13.9. The Morgan fingerprint density at radius 2 is 1.97 bits per heavy atom. The molecule has 1 atom stereocenters. The van der Waals surface area contributed by atoms with Crippen molar-refractivity contribution in [3.8, 4) is 11.5 Å². The van der Waals surface area contributed by atoms with E-state index in [1.807, 2.05) is 43.3 Å². The van der Waals surface area contributed by atoms with Crippen LogP contribution in [0.15, 0.2) is 62.9 Å². The summed E-state index contributed by atoms with van der Waals surface area (Å²) in [5.41, 5.74) is 3.00. The highest BCUT2D eigenvalue weighted by molar-refractivity contribution is 9.10. The Morgan fingerprint density at radius 3 is 2.73 bits per heavy atom. The number of hydrogen-bond acceptors (Lipinski definition) is 7. The summed E-state index contributed by atoms with van der Waals surface area (Å²) in [6.07, 6.45) is 6.55. The van der Waals surface area contributed by atoms with Gasteiger partial charge in [-0.3, -0.25) is 0 Å². The number of methoxy groups -OCH3 is 1. The predicted molar refractivity (Wildman–Crippen MR) is 147 cm³/mol. The van der Waals surface area contributed by atoms with Crippen LogP contribution in [0.2, 0.25) is 0 Å². The topological polar surface area (TPSA) is 87.5 Å². The van der Waals surface area contributed by atoms with Crippen LogP contribution in [0.4, 0.5) is 5.95 Å². The van der Waals surface area contributed by atoms with E-state index in [-0.39, 0.29) is 12.1 Å². The van der Waals surface area contributed by atoms with Gasteiger partial charge >= 0.3 is 5.97 Å². The van der Waals surface area contributed by atoms with Crippen molar-refractivity contribution in [1.82, 2.24) is 14.8 Å². The molecular formula is C27H28Br2N4O4. The normalized spacial score (nSPS) is 17.7. The Bertz CT molecular complexity index is 1330. The van der Waals surface area contributed by atoms with Crippen LogP contribution < -0.4 is 14.8 Å². The van der Waals surface area contributed by atoms with Crippen LogP contribution >= 0.6 is 31.9 Å². The highest BCUT2D eigenvalue weighted by Crippen LogP contribution is 2.43. The summed E-state index contributed by atoms with van der Waals surface area (Å²) in [7, 11) is 1.60. The molecule has 0 amide bonds. The van der Waals surface area contributed by atoms with Gasteiger partial charge in [0, 0.05) is 10.2 Å². The average molecular weight is 632 g/mol. The van der Waals surface area contributed by atoms with E-state index in [4.69, 9.17) is 14.2 Å². The monoisotopic (exact) mass is 630 g/mol. The predicted octanol–water partition coefficient (Wildman–Crippen LogP) is 6.56. The lowest BCUT2D eigenvalue weighted by Gasteiger charge is -2.30. The minimum absolute atomic E-state index is 0.0607. The van der Waals surface area contributed by atoms with Gasteiger partial charge in [-0.2, -0.15) is 10.1 Å². The highest BCUT2D eigenvalue weighted by Gasteiger charge is 2.36. The summed E-state index contributed by atoms with van der Waals surface area (Å²) in [5, 5.41) is 7.63. The van der Waals surface area contributed by atoms with Gasteiger partial charge in [0.15, 0.2) is 11.5 Å². The zero-order chi connectivity index (χ0) is 25.9. The van der Waals surface area contributed by atoms with Crippen LogP contribution in [0, 0.1) is 0 Å². The zero-order valence-corrected chi connectivity index (χ0v) is 23.8. The first kappa shape index (κ1) is 25.8. The molecule has 1 N–H and O–H groups in total. The molecule has 1 aromatic heterocycles. The van der Waals surface area contributed by atoms with Crippen molar-refractivity contribution in [2.75, 3.05) is 12.4 Å². The summed E-state index contributed by atoms with van der Waals surface area (Å²) < 4.78 is 21.2. The molecule has 37 heavy (non-hydrogen) atoms. The number of halogens is 2. The molecule has 0 radical (unpaired) electrons. The molecular weight excluding hydrogens is 604 g/mol. The first-order valence-electron chi connectivity index (χ1n) is 12.3. The van der Waals surface area contributed by atoms with Crippen molar-refractivity contribution in [3.05, 3.63) is 74.1 Å². The fourth-order valence-electron chi connectivity index (χ4n) is 4.88. The van der Waals surface area contributed by atoms with Gasteiger partial charge < -0.3 is 19.5 Å². The number of esters is 1. The van der Waals surface area contributed by atoms with Crippen LogP contribution in [0.3, 0.4) is 0 Å². The lowest BCUT2D eigenvalue weighted by Crippen LogP contribution is -2.32. The van der Waals surface area contributed by atoms with Crippen molar-refractivity contribution in [1.29, 1.82) is 0 Å². The van der Waals surface area contributed by atoms with Crippen molar-refractivity contribution in [2.24, 2.45) is 0 Å². The quantitative estimate of drug-likeness (QED) is 0.296. The van der Waals surface area contributed by atoms with E-state index >= 15 is 0 Å². The molecule has 3 aromatic rings. The molecule has 0 saturated heterocycles. The van der Waals surface area contributed by atoms with Crippen LogP contribution in [0.5, 0.6) is 11.5 Å². The number of allylic oxidation sites excluding steroid dienone is 1. The number of fused-ring (bicyclic) bond motifs is 1. The maximum absolute atomic E-state index is 13.5. The Morgan fingerprint density at radius 1 is 1.16 bits per heavy atom. The van der Waals surface area contributed by atoms with Gasteiger partial charge in [-0.1, -0.05) is 34.5 Å². The molecule has 1 aliphatic carbocycles. The van der Waals surface area contributed by atoms with E-state index in [9.17, 15) is 4.79 Å². The van der Waals surface area contributed by atoms with Gasteiger partial charge in [0.05, 0.1) is 17.2 Å². The van der Waals surface area contributed by atoms with Gasteiger partial charge in [-0.15, -0.1) is 0 Å². The molecule has 194 valence electrons. The molecule has 0 spiro atoms. The Hall–Kier alpha value is -2.85. The Balaban J connectivity index is 1.48. The van der Waals surface area contributed by atoms with Crippen LogP contribution in [0.25, 0.3) is 0 Å². The molecule has 1 unspecified atom stereocenters. The number of rotatable bonds is 7. The van der Waals surface area contributed by atoms with Gasteiger partial charge in [-0.25, -0.2) is 9.48 Å². The summed E-state index contributed by atoms with van der Waals surface area (Å²) in [6, 6.07) is 11.2. The lowest BCUT2D eigenvalue weighted by atomic mass is 9.94. The number of carbonyl (C=O) groups is 1. The number of aromatic nitrogens is 3. The van der Waals surface area contributed by atoms with Crippen molar-refractivity contribution in [3.63, 3.8) is 0 Å². The van der Waals surface area contributed by atoms with Gasteiger partial charge in [0.2, 0.25) is 5.95 Å². The average Bonchev–Trinajstić information content (AvgIpc) is 3.35. The number of nitrogens with one attached hydrogen (secondary N) is 1. The van der Waals surface area contributed by atoms with E-state index in [1.54, 1.807) is 11.8 Å². The summed E-state index contributed by atoms with van der Waals surface area (Å²) in [6.45, 7) is 2.23. The third kappa shape index (κ3) is 5.55. The largest absolute Gasteiger partial charge is 0.493 e. The third-order valence-electron chi connectivity index (χ3n) is 6.68. The number of ether oxygens (including phenoxy) is 3. The van der Waals surface area contributed by atoms with E-state index in [0.29, 0.717) is 39.8 Å². The van der Waals surface area contributed by atoms with Crippen molar-refractivity contribution >= 4 is 43.8 Å². The number of anilines is 1. The maximum Gasteiger partial charge on any atom is 0.338 e. The number of nitrogens with zero attached hydrogens (tertiary/aromatic N) is 3. The first-order chi connectivity index (χ1) is 17.9. The fraction of sp³-hybridized carbons (Fsp3) is 0.370. The van der Waals surface area contributed by atoms with Crippen molar-refractivity contribution in [2.45, 2.75) is 57.8 Å². The van der Waals surface area contributed by atoms with E-state index in [2.05, 4.69) is 47.3 Å². The van der Waals surface area contributed by atoms with Crippen molar-refractivity contribution < 1.29 is 19.0 Å². The summed E-state index contributed by atoms with van der Waals surface area (Å²) in [5.74, 6) is 1.33. The second-order valence-electron chi connectivity index (χ2n) is 9.21. The zero-order valence-electron chi connectivity index (χ0n) is 20.7. The SMILES string of the molecule is COc1cc(C2C(C(=O)OC3CCCCC3)=C(C)Nc3ncnn32)cc(Br)c1OCc1cccc(Br)c1. The van der Waals surface area contributed by atoms with Gasteiger partial charge in [-0.05, 0) is 83.9 Å². The number of hydrogen-bond donors (Lipinski definition) is 1. The second kappa shape index (κ2) is 11.3. The Kier molecular flexibility index (Phi) is 7.85. The summed E-state index contributed by atoms with van der Waals surface area (Å²) in [4.78, 5) is 17.9. The molecule has 2 heterocycles. The molecule has 1 aliphatic heterocycles. The molecule has 10 heteroatoms. The fourth-order valence-corrected chi connectivity index (χ4v) is 5.90. The minimum atomic E-state index is -0.542. The second-order valence-corrected chi connectivity index (χ2v) is 11.0. The molecule has 2 aromatic carbocycles. The lowest BCUT2D eigenvalue weighted by molar-refractivity contribution is -0.146. The molecule has 2 aliphatic rings.